The molecular weight excluding hydrogens is 170 g/mol. The number of hydrogen-bond acceptors (Lipinski definition) is 4. The van der Waals surface area contributed by atoms with Crippen molar-refractivity contribution in [3.63, 3.8) is 0 Å². The zero-order chi connectivity index (χ0) is 9.68. The van der Waals surface area contributed by atoms with Crippen molar-refractivity contribution >= 4 is 12.0 Å². The summed E-state index contributed by atoms with van der Waals surface area (Å²) >= 11 is 0. The predicted octanol–water partition coefficient (Wildman–Crippen LogP) is 0.942. The van der Waals surface area contributed by atoms with Crippen LogP contribution in [0.25, 0.3) is 0 Å². The fourth-order valence-corrected chi connectivity index (χ4v) is 0.873. The Hall–Kier alpha value is -1.84. The molecule has 1 N–H and O–H groups in total. The molecule has 0 fully saturated rings. The van der Waals surface area contributed by atoms with Crippen LogP contribution in [-0.4, -0.2) is 24.2 Å². The highest BCUT2D eigenvalue weighted by molar-refractivity contribution is 6.36. The van der Waals surface area contributed by atoms with E-state index in [4.69, 9.17) is 5.11 Å². The molecule has 0 unspecified atom stereocenters. The molecule has 0 bridgehead atoms. The molecule has 1 rings (SSSR count). The first-order chi connectivity index (χ1) is 6.27. The number of benzene rings is 1. The maximum atomic E-state index is 10.5. The second kappa shape index (κ2) is 4.25. The van der Waals surface area contributed by atoms with E-state index < -0.39 is 0 Å². The van der Waals surface area contributed by atoms with Crippen LogP contribution in [0.15, 0.2) is 29.4 Å². The van der Waals surface area contributed by atoms with Crippen LogP contribution in [0.3, 0.4) is 0 Å². The maximum Gasteiger partial charge on any atom is 0.172 e. The predicted molar refractivity (Wildman–Crippen MR) is 47.7 cm³/mol. The molecular formula is C9H9NO3. The Kier molecular flexibility index (Phi) is 3.03. The van der Waals surface area contributed by atoms with Gasteiger partial charge < -0.3 is 9.94 Å². The Morgan fingerprint density at radius 3 is 2.54 bits per heavy atom. The number of nitrogens with zero attached hydrogens (tertiary/aromatic N) is 1. The van der Waals surface area contributed by atoms with Gasteiger partial charge in [0.15, 0.2) is 6.29 Å². The Morgan fingerprint density at radius 1 is 1.46 bits per heavy atom. The summed E-state index contributed by atoms with van der Waals surface area (Å²) < 4.78 is 0. The summed E-state index contributed by atoms with van der Waals surface area (Å²) in [4.78, 5) is 15.0. The highest BCUT2D eigenvalue weighted by Gasteiger charge is 2.01. The lowest BCUT2D eigenvalue weighted by Gasteiger charge is -1.97. The monoisotopic (exact) mass is 179 g/mol. The molecule has 68 valence electrons. The number of carbonyl (C=O) groups is 1. The fraction of sp³-hybridized carbons (Fsp3) is 0.111. The van der Waals surface area contributed by atoms with Crippen LogP contribution in [0, 0.1) is 0 Å². The number of aromatic hydroxyl groups is 1. The quantitative estimate of drug-likeness (QED) is 0.426. The molecule has 1 aromatic carbocycles. The van der Waals surface area contributed by atoms with Crippen molar-refractivity contribution in [1.29, 1.82) is 0 Å². The van der Waals surface area contributed by atoms with Gasteiger partial charge in [-0.05, 0) is 24.3 Å². The summed E-state index contributed by atoms with van der Waals surface area (Å²) in [6.45, 7) is 0. The van der Waals surface area contributed by atoms with Gasteiger partial charge in [-0.15, -0.1) is 0 Å². The van der Waals surface area contributed by atoms with Gasteiger partial charge in [0.25, 0.3) is 0 Å². The SMILES string of the molecule is CON=C(C=O)c1ccc(O)cc1. The van der Waals surface area contributed by atoms with Crippen LogP contribution in [0.1, 0.15) is 5.56 Å². The summed E-state index contributed by atoms with van der Waals surface area (Å²) in [6, 6.07) is 6.12. The summed E-state index contributed by atoms with van der Waals surface area (Å²) in [5.74, 6) is 0.145. The molecule has 0 radical (unpaired) electrons. The molecule has 0 heterocycles. The lowest BCUT2D eigenvalue weighted by molar-refractivity contribution is -0.102. The van der Waals surface area contributed by atoms with Gasteiger partial charge in [-0.1, -0.05) is 5.16 Å². The average molecular weight is 179 g/mol. The molecule has 0 atom stereocenters. The van der Waals surface area contributed by atoms with E-state index in [-0.39, 0.29) is 11.5 Å². The minimum Gasteiger partial charge on any atom is -0.508 e. The van der Waals surface area contributed by atoms with Gasteiger partial charge in [0.2, 0.25) is 0 Å². The van der Waals surface area contributed by atoms with E-state index in [0.717, 1.165) is 0 Å². The van der Waals surface area contributed by atoms with Crippen LogP contribution in [0.2, 0.25) is 0 Å². The topological polar surface area (TPSA) is 58.9 Å². The Labute approximate surface area is 75.4 Å². The number of oxime groups is 1. The van der Waals surface area contributed by atoms with Gasteiger partial charge in [0, 0.05) is 5.56 Å². The number of phenolic OH excluding ortho intramolecular Hbond substituents is 1. The zero-order valence-corrected chi connectivity index (χ0v) is 7.10. The third-order valence-electron chi connectivity index (χ3n) is 1.46. The summed E-state index contributed by atoms with van der Waals surface area (Å²) in [5.41, 5.74) is 0.803. The third kappa shape index (κ3) is 2.30. The molecule has 0 aliphatic heterocycles. The molecule has 0 saturated heterocycles. The van der Waals surface area contributed by atoms with Crippen LogP contribution >= 0.6 is 0 Å². The van der Waals surface area contributed by atoms with E-state index in [9.17, 15) is 4.79 Å². The summed E-state index contributed by atoms with van der Waals surface area (Å²) in [5, 5.41) is 12.5. The fourth-order valence-electron chi connectivity index (χ4n) is 0.873. The largest absolute Gasteiger partial charge is 0.508 e. The number of phenols is 1. The van der Waals surface area contributed by atoms with Crippen molar-refractivity contribution in [2.75, 3.05) is 7.11 Å². The van der Waals surface area contributed by atoms with Crippen LogP contribution in [0.5, 0.6) is 5.75 Å². The normalized spacial score (nSPS) is 11.0. The molecule has 0 saturated carbocycles. The van der Waals surface area contributed by atoms with E-state index in [1.54, 1.807) is 12.1 Å². The Morgan fingerprint density at radius 2 is 2.08 bits per heavy atom. The molecule has 4 heteroatoms. The zero-order valence-electron chi connectivity index (χ0n) is 7.10. The lowest BCUT2D eigenvalue weighted by atomic mass is 10.1. The van der Waals surface area contributed by atoms with Gasteiger partial charge in [-0.3, -0.25) is 4.79 Å². The number of rotatable bonds is 3. The highest BCUT2D eigenvalue weighted by Crippen LogP contribution is 2.09. The highest BCUT2D eigenvalue weighted by atomic mass is 16.6. The standard InChI is InChI=1S/C9H9NO3/c1-13-10-9(6-11)7-2-4-8(12)5-3-7/h2-6,12H,1H3. The van der Waals surface area contributed by atoms with Crippen molar-refractivity contribution in [3.8, 4) is 5.75 Å². The van der Waals surface area contributed by atoms with Crippen molar-refractivity contribution in [2.45, 2.75) is 0 Å². The Balaban J connectivity index is 2.99. The van der Waals surface area contributed by atoms with Gasteiger partial charge in [-0.2, -0.15) is 0 Å². The van der Waals surface area contributed by atoms with Crippen LogP contribution in [-0.2, 0) is 9.63 Å². The third-order valence-corrected chi connectivity index (χ3v) is 1.46. The average Bonchev–Trinajstić information content (AvgIpc) is 2.16. The molecule has 4 nitrogen and oxygen atoms in total. The van der Waals surface area contributed by atoms with Crippen LogP contribution < -0.4 is 0 Å². The van der Waals surface area contributed by atoms with Gasteiger partial charge in [0.05, 0.1) is 0 Å². The van der Waals surface area contributed by atoms with Crippen molar-refractivity contribution in [2.24, 2.45) is 5.16 Å². The first kappa shape index (κ1) is 9.25. The first-order valence-electron chi connectivity index (χ1n) is 3.63. The second-order valence-corrected chi connectivity index (χ2v) is 2.32. The number of aldehydes is 1. The van der Waals surface area contributed by atoms with E-state index in [2.05, 4.69) is 9.99 Å². The molecule has 13 heavy (non-hydrogen) atoms. The van der Waals surface area contributed by atoms with Gasteiger partial charge >= 0.3 is 0 Å². The van der Waals surface area contributed by atoms with E-state index >= 15 is 0 Å². The molecule has 1 aromatic rings. The number of hydrogen-bond donors (Lipinski definition) is 1. The molecule has 0 amide bonds. The summed E-state index contributed by atoms with van der Waals surface area (Å²) in [7, 11) is 1.36. The second-order valence-electron chi connectivity index (χ2n) is 2.32. The lowest BCUT2D eigenvalue weighted by Crippen LogP contribution is -2.02. The molecule has 0 aliphatic carbocycles. The van der Waals surface area contributed by atoms with Gasteiger partial charge in [0.1, 0.15) is 18.6 Å². The van der Waals surface area contributed by atoms with Crippen molar-refractivity contribution in [1.82, 2.24) is 0 Å². The molecule has 0 aromatic heterocycles. The Bertz CT molecular complexity index is 316. The molecule has 0 spiro atoms. The number of carbonyl (C=O) groups excluding carboxylic acids is 1. The van der Waals surface area contributed by atoms with E-state index in [0.29, 0.717) is 11.8 Å². The first-order valence-corrected chi connectivity index (χ1v) is 3.63. The minimum atomic E-state index is 0.145. The summed E-state index contributed by atoms with van der Waals surface area (Å²) in [6.07, 6.45) is 0.593. The van der Waals surface area contributed by atoms with Crippen molar-refractivity contribution < 1.29 is 14.7 Å². The van der Waals surface area contributed by atoms with Crippen LogP contribution in [0.4, 0.5) is 0 Å². The maximum absolute atomic E-state index is 10.5. The minimum absolute atomic E-state index is 0.145. The van der Waals surface area contributed by atoms with E-state index in [1.807, 2.05) is 0 Å². The molecule has 0 aliphatic rings. The smallest absolute Gasteiger partial charge is 0.172 e. The van der Waals surface area contributed by atoms with Crippen molar-refractivity contribution in [3.05, 3.63) is 29.8 Å². The van der Waals surface area contributed by atoms with E-state index in [1.165, 1.54) is 19.2 Å². The van der Waals surface area contributed by atoms with Gasteiger partial charge in [-0.25, -0.2) is 0 Å².